The Balaban J connectivity index is 1.90. The summed E-state index contributed by atoms with van der Waals surface area (Å²) < 4.78 is 37.6. The SMILES string of the molecule is O=c1c(-c2ccc(F)cc2)c(-c2ccc(C[SH](=O)=O)cc2)cnn1-c1ccc(Br)cc1. The largest absolute Gasteiger partial charge is 0.279 e. The number of hydrogen-bond donors (Lipinski definition) is 1. The average molecular weight is 499 g/mol. The molecule has 3 aromatic carbocycles. The van der Waals surface area contributed by atoms with Crippen LogP contribution in [0.3, 0.4) is 0 Å². The predicted octanol–water partition coefficient (Wildman–Crippen LogP) is 4.58. The Morgan fingerprint density at radius 1 is 0.871 bits per heavy atom. The third-order valence-electron chi connectivity index (χ3n) is 4.76. The van der Waals surface area contributed by atoms with Crippen LogP contribution < -0.4 is 5.56 Å². The molecule has 0 aliphatic carbocycles. The molecule has 0 radical (unpaired) electrons. The van der Waals surface area contributed by atoms with Crippen molar-refractivity contribution < 1.29 is 12.8 Å². The molecule has 0 fully saturated rings. The fourth-order valence-corrected chi connectivity index (χ4v) is 4.05. The van der Waals surface area contributed by atoms with Crippen LogP contribution in [0.1, 0.15) is 5.56 Å². The monoisotopic (exact) mass is 498 g/mol. The molecule has 0 atom stereocenters. The molecule has 1 aromatic heterocycles. The summed E-state index contributed by atoms with van der Waals surface area (Å²) >= 11 is 3.38. The van der Waals surface area contributed by atoms with Crippen LogP contribution in [-0.4, -0.2) is 18.2 Å². The maximum absolute atomic E-state index is 13.5. The maximum atomic E-state index is 13.5. The Morgan fingerprint density at radius 2 is 1.48 bits per heavy atom. The number of nitrogens with zero attached hydrogens (tertiary/aromatic N) is 2. The molecular weight excluding hydrogens is 483 g/mol. The fraction of sp³-hybridized carbons (Fsp3) is 0.0435. The molecule has 1 heterocycles. The Bertz CT molecular complexity index is 1360. The van der Waals surface area contributed by atoms with Crippen LogP contribution in [0, 0.1) is 5.82 Å². The molecular formula is C23H16BrFN2O3S. The Morgan fingerprint density at radius 3 is 2.10 bits per heavy atom. The zero-order chi connectivity index (χ0) is 22.0. The summed E-state index contributed by atoms with van der Waals surface area (Å²) in [4.78, 5) is 13.5. The molecule has 0 aliphatic rings. The highest BCUT2D eigenvalue weighted by Crippen LogP contribution is 2.29. The highest BCUT2D eigenvalue weighted by atomic mass is 79.9. The highest BCUT2D eigenvalue weighted by Gasteiger charge is 2.16. The van der Waals surface area contributed by atoms with Crippen molar-refractivity contribution in [3.8, 4) is 27.9 Å². The van der Waals surface area contributed by atoms with E-state index in [2.05, 4.69) is 21.0 Å². The first-order valence-electron chi connectivity index (χ1n) is 9.28. The Kier molecular flexibility index (Phi) is 6.11. The number of thiol groups is 1. The minimum absolute atomic E-state index is 0.0517. The Hall–Kier alpha value is -3.10. The van der Waals surface area contributed by atoms with E-state index in [4.69, 9.17) is 0 Å². The van der Waals surface area contributed by atoms with Gasteiger partial charge in [0.25, 0.3) is 5.56 Å². The molecule has 8 heteroatoms. The van der Waals surface area contributed by atoms with E-state index in [1.165, 1.54) is 16.8 Å². The van der Waals surface area contributed by atoms with Gasteiger partial charge >= 0.3 is 0 Å². The summed E-state index contributed by atoms with van der Waals surface area (Å²) in [6.07, 6.45) is 1.59. The van der Waals surface area contributed by atoms with Crippen molar-refractivity contribution in [3.63, 3.8) is 0 Å². The lowest BCUT2D eigenvalue weighted by atomic mass is 9.96. The molecule has 0 saturated heterocycles. The Labute approximate surface area is 187 Å². The summed E-state index contributed by atoms with van der Waals surface area (Å²) in [6, 6.07) is 19.8. The molecule has 156 valence electrons. The fourth-order valence-electron chi connectivity index (χ4n) is 3.27. The van der Waals surface area contributed by atoms with Crippen molar-refractivity contribution in [3.05, 3.63) is 105 Å². The van der Waals surface area contributed by atoms with Crippen molar-refractivity contribution >= 4 is 26.6 Å². The van der Waals surface area contributed by atoms with Gasteiger partial charge in [-0.1, -0.05) is 52.3 Å². The lowest BCUT2D eigenvalue weighted by Gasteiger charge is -2.13. The number of halogens is 2. The second-order valence-electron chi connectivity index (χ2n) is 6.82. The van der Waals surface area contributed by atoms with Gasteiger partial charge in [-0.2, -0.15) is 9.78 Å². The first-order valence-corrected chi connectivity index (χ1v) is 11.4. The molecule has 5 nitrogen and oxygen atoms in total. The first-order chi connectivity index (χ1) is 14.9. The maximum Gasteiger partial charge on any atom is 0.279 e. The molecule has 31 heavy (non-hydrogen) atoms. The third-order valence-corrected chi connectivity index (χ3v) is 5.91. The van der Waals surface area contributed by atoms with Gasteiger partial charge in [0.1, 0.15) is 16.5 Å². The van der Waals surface area contributed by atoms with Crippen LogP contribution in [0.4, 0.5) is 4.39 Å². The molecule has 0 bridgehead atoms. The van der Waals surface area contributed by atoms with Crippen molar-refractivity contribution in [2.24, 2.45) is 0 Å². The molecule has 0 saturated carbocycles. The van der Waals surface area contributed by atoms with E-state index < -0.39 is 16.5 Å². The van der Waals surface area contributed by atoms with E-state index in [1.54, 1.807) is 54.7 Å². The van der Waals surface area contributed by atoms with Crippen LogP contribution in [0.2, 0.25) is 0 Å². The molecule has 4 aromatic rings. The van der Waals surface area contributed by atoms with Gasteiger partial charge in [0.2, 0.25) is 0 Å². The summed E-state index contributed by atoms with van der Waals surface area (Å²) in [6.45, 7) is 0. The summed E-state index contributed by atoms with van der Waals surface area (Å²) in [5.41, 5.74) is 3.11. The van der Waals surface area contributed by atoms with Crippen molar-refractivity contribution in [2.45, 2.75) is 5.75 Å². The van der Waals surface area contributed by atoms with Crippen molar-refractivity contribution in [2.75, 3.05) is 0 Å². The number of hydrogen-bond acceptors (Lipinski definition) is 4. The van der Waals surface area contributed by atoms with Crippen molar-refractivity contribution in [1.29, 1.82) is 0 Å². The zero-order valence-electron chi connectivity index (χ0n) is 16.0. The molecule has 0 amide bonds. The van der Waals surface area contributed by atoms with E-state index in [0.29, 0.717) is 33.5 Å². The predicted molar refractivity (Wildman–Crippen MR) is 122 cm³/mol. The molecule has 0 N–H and O–H groups in total. The first kappa shape index (κ1) is 21.1. The standard InChI is InChI=1S/C23H16BrFN2O3S/c24-18-7-11-20(12-8-18)27-23(28)22(17-5-9-19(25)10-6-17)21(13-26-27)16-3-1-15(2-4-16)14-31(29)30/h1-13,31H,14H2. The minimum atomic E-state index is -2.53. The van der Waals surface area contributed by atoms with E-state index in [1.807, 2.05) is 12.1 Å². The van der Waals surface area contributed by atoms with Crippen LogP contribution in [-0.2, 0) is 16.5 Å². The highest BCUT2D eigenvalue weighted by molar-refractivity contribution is 9.10. The normalized spacial score (nSPS) is 11.1. The third kappa shape index (κ3) is 4.65. The van der Waals surface area contributed by atoms with Crippen LogP contribution >= 0.6 is 15.9 Å². The molecule has 0 spiro atoms. The van der Waals surface area contributed by atoms with Gasteiger partial charge in [-0.05, 0) is 53.1 Å². The number of aromatic nitrogens is 2. The topological polar surface area (TPSA) is 69.0 Å². The van der Waals surface area contributed by atoms with E-state index >= 15 is 0 Å². The quantitative estimate of drug-likeness (QED) is 0.409. The summed E-state index contributed by atoms with van der Waals surface area (Å²) in [7, 11) is -2.53. The summed E-state index contributed by atoms with van der Waals surface area (Å²) in [5, 5.41) is 4.35. The van der Waals surface area contributed by atoms with Crippen LogP contribution in [0.15, 0.2) is 88.3 Å². The van der Waals surface area contributed by atoms with Gasteiger partial charge < -0.3 is 0 Å². The van der Waals surface area contributed by atoms with Gasteiger partial charge in [0.15, 0.2) is 0 Å². The average Bonchev–Trinajstić information content (AvgIpc) is 2.75. The van der Waals surface area contributed by atoms with E-state index in [9.17, 15) is 17.6 Å². The number of benzene rings is 3. The second-order valence-corrected chi connectivity index (χ2v) is 8.72. The molecule has 0 unspecified atom stereocenters. The van der Waals surface area contributed by atoms with Gasteiger partial charge in [-0.3, -0.25) is 4.79 Å². The lowest BCUT2D eigenvalue weighted by molar-refractivity contribution is 0.614. The van der Waals surface area contributed by atoms with Gasteiger partial charge in [0, 0.05) is 10.0 Å². The molecule has 4 rings (SSSR count). The smallest absolute Gasteiger partial charge is 0.267 e. The number of rotatable bonds is 5. The van der Waals surface area contributed by atoms with Gasteiger partial charge in [-0.15, -0.1) is 0 Å². The summed E-state index contributed by atoms with van der Waals surface area (Å²) in [5.74, 6) is -0.451. The van der Waals surface area contributed by atoms with E-state index in [-0.39, 0.29) is 11.3 Å². The second kappa shape index (κ2) is 8.95. The molecule has 0 aliphatic heterocycles. The van der Waals surface area contributed by atoms with E-state index in [0.717, 1.165) is 4.47 Å². The zero-order valence-corrected chi connectivity index (χ0v) is 18.5. The van der Waals surface area contributed by atoms with Gasteiger partial charge in [0.05, 0.1) is 23.2 Å². The van der Waals surface area contributed by atoms with Gasteiger partial charge in [-0.25, -0.2) is 12.8 Å². The lowest BCUT2D eigenvalue weighted by Crippen LogP contribution is -2.23. The minimum Gasteiger partial charge on any atom is -0.267 e. The van der Waals surface area contributed by atoms with Crippen LogP contribution in [0.5, 0.6) is 0 Å². The van der Waals surface area contributed by atoms with Crippen LogP contribution in [0.25, 0.3) is 27.9 Å². The van der Waals surface area contributed by atoms with Crippen molar-refractivity contribution in [1.82, 2.24) is 9.78 Å².